The Bertz CT molecular complexity index is 591. The lowest BCUT2D eigenvalue weighted by molar-refractivity contribution is 0.0697. The Hall–Kier alpha value is -1.59. The van der Waals surface area contributed by atoms with Gasteiger partial charge < -0.3 is 10.4 Å². The molecule has 3 fully saturated rings. The molecule has 0 radical (unpaired) electrons. The summed E-state index contributed by atoms with van der Waals surface area (Å²) in [5, 5.41) is 19.9. The Morgan fingerprint density at radius 2 is 1.96 bits per heavy atom. The van der Waals surface area contributed by atoms with Crippen LogP contribution in [-0.4, -0.2) is 30.0 Å². The van der Waals surface area contributed by atoms with Gasteiger partial charge in [-0.15, -0.1) is 0 Å². The van der Waals surface area contributed by atoms with Crippen LogP contribution in [0, 0.1) is 17.8 Å². The summed E-state index contributed by atoms with van der Waals surface area (Å²) in [7, 11) is 0. The van der Waals surface area contributed by atoms with Gasteiger partial charge in [-0.05, 0) is 49.1 Å². The summed E-state index contributed by atoms with van der Waals surface area (Å²) in [5.74, 6) is 1.51. The molecule has 124 valence electrons. The quantitative estimate of drug-likeness (QED) is 0.690. The molecule has 5 atom stereocenters. The monoisotopic (exact) mass is 315 g/mol. The summed E-state index contributed by atoms with van der Waals surface area (Å²) >= 11 is 0. The molecule has 3 aliphatic rings. The molecule has 0 bridgehead atoms. The average Bonchev–Trinajstić information content (AvgIpc) is 3.04. The molecule has 1 aromatic carbocycles. The van der Waals surface area contributed by atoms with Gasteiger partial charge in [0.2, 0.25) is 0 Å². The van der Waals surface area contributed by atoms with E-state index in [4.69, 9.17) is 0 Å². The lowest BCUT2D eigenvalue weighted by atomic mass is 9.71. The van der Waals surface area contributed by atoms with Gasteiger partial charge in [-0.1, -0.05) is 25.0 Å². The van der Waals surface area contributed by atoms with Gasteiger partial charge in [-0.25, -0.2) is 4.79 Å². The molecule has 4 rings (SSSR count). The summed E-state index contributed by atoms with van der Waals surface area (Å²) in [5.41, 5.74) is 0.989. The van der Waals surface area contributed by atoms with Gasteiger partial charge in [0.05, 0.1) is 11.3 Å². The minimum atomic E-state index is -0.893. The van der Waals surface area contributed by atoms with Gasteiger partial charge in [0.25, 0.3) is 0 Å². The van der Waals surface area contributed by atoms with Crippen LogP contribution in [0.25, 0.3) is 0 Å². The topological polar surface area (TPSA) is 73.4 Å². The van der Waals surface area contributed by atoms with E-state index in [0.29, 0.717) is 23.2 Å². The number of rotatable bonds is 3. The number of hydrogen-bond acceptors (Lipinski definition) is 4. The molecule has 2 saturated carbocycles. The van der Waals surface area contributed by atoms with Crippen LogP contribution in [0.4, 0.5) is 5.69 Å². The van der Waals surface area contributed by atoms with Gasteiger partial charge in [-0.3, -0.25) is 10.6 Å². The molecule has 1 saturated heterocycles. The third-order valence-corrected chi connectivity index (χ3v) is 6.00. The zero-order chi connectivity index (χ0) is 15.8. The van der Waals surface area contributed by atoms with Crippen molar-refractivity contribution in [1.29, 1.82) is 0 Å². The van der Waals surface area contributed by atoms with Crippen LogP contribution in [0.1, 0.15) is 42.5 Å². The van der Waals surface area contributed by atoms with E-state index >= 15 is 0 Å². The Morgan fingerprint density at radius 1 is 1.13 bits per heavy atom. The molecule has 5 heteroatoms. The third kappa shape index (κ3) is 2.83. The Kier molecular flexibility index (Phi) is 3.99. The van der Waals surface area contributed by atoms with Crippen LogP contribution in [0.2, 0.25) is 0 Å². The van der Waals surface area contributed by atoms with Crippen LogP contribution in [0.15, 0.2) is 24.3 Å². The van der Waals surface area contributed by atoms with Crippen molar-refractivity contribution in [3.63, 3.8) is 0 Å². The number of hydrogen-bond donors (Lipinski definition) is 4. The molecule has 5 unspecified atom stereocenters. The number of carbonyl (C=O) groups is 1. The highest BCUT2D eigenvalue weighted by Crippen LogP contribution is 2.45. The van der Waals surface area contributed by atoms with Crippen molar-refractivity contribution >= 4 is 11.7 Å². The predicted molar refractivity (Wildman–Crippen MR) is 89.3 cm³/mol. The highest BCUT2D eigenvalue weighted by Gasteiger charge is 2.44. The summed E-state index contributed by atoms with van der Waals surface area (Å²) in [6.45, 7) is 1.01. The molecule has 23 heavy (non-hydrogen) atoms. The summed E-state index contributed by atoms with van der Waals surface area (Å²) in [4.78, 5) is 11.4. The fourth-order valence-electron chi connectivity index (χ4n) is 4.91. The number of carboxylic acids is 1. The van der Waals surface area contributed by atoms with Crippen molar-refractivity contribution < 1.29 is 9.90 Å². The van der Waals surface area contributed by atoms with Crippen molar-refractivity contribution in [3.05, 3.63) is 29.8 Å². The van der Waals surface area contributed by atoms with Crippen LogP contribution in [0.3, 0.4) is 0 Å². The third-order valence-electron chi connectivity index (χ3n) is 6.00. The molecule has 5 nitrogen and oxygen atoms in total. The second kappa shape index (κ2) is 6.13. The zero-order valence-electron chi connectivity index (χ0n) is 13.3. The SMILES string of the molecule is O=C(O)c1ccccc1NC1NCC2CCC3CCCC3C2N1. The van der Waals surface area contributed by atoms with E-state index in [1.54, 1.807) is 12.1 Å². The van der Waals surface area contributed by atoms with E-state index in [2.05, 4.69) is 16.0 Å². The number of carboxylic acid groups (broad SMARTS) is 1. The molecular formula is C18H25N3O2. The highest BCUT2D eigenvalue weighted by molar-refractivity contribution is 5.94. The number of aromatic carboxylic acids is 1. The van der Waals surface area contributed by atoms with Gasteiger partial charge in [0, 0.05) is 12.6 Å². The lowest BCUT2D eigenvalue weighted by Gasteiger charge is -2.47. The summed E-state index contributed by atoms with van der Waals surface area (Å²) in [6, 6.07) is 7.67. The van der Waals surface area contributed by atoms with Crippen molar-refractivity contribution in [1.82, 2.24) is 10.6 Å². The number of anilines is 1. The summed E-state index contributed by atoms with van der Waals surface area (Å²) in [6.07, 6.45) is 6.74. The Morgan fingerprint density at radius 3 is 2.83 bits per heavy atom. The van der Waals surface area contributed by atoms with Crippen molar-refractivity contribution in [2.24, 2.45) is 17.8 Å². The first-order valence-electron chi connectivity index (χ1n) is 8.80. The van der Waals surface area contributed by atoms with E-state index in [1.807, 2.05) is 12.1 Å². The Balaban J connectivity index is 1.48. The van der Waals surface area contributed by atoms with Crippen molar-refractivity contribution in [3.8, 4) is 0 Å². The zero-order valence-corrected chi connectivity index (χ0v) is 13.3. The smallest absolute Gasteiger partial charge is 0.337 e. The van der Waals surface area contributed by atoms with Crippen LogP contribution in [-0.2, 0) is 0 Å². The average molecular weight is 315 g/mol. The Labute approximate surface area is 136 Å². The highest BCUT2D eigenvalue weighted by atomic mass is 16.4. The number of para-hydroxylation sites is 1. The van der Waals surface area contributed by atoms with Gasteiger partial charge in [0.1, 0.15) is 6.29 Å². The molecule has 4 N–H and O–H groups in total. The molecule has 0 aromatic heterocycles. The van der Waals surface area contributed by atoms with Crippen LogP contribution in [0.5, 0.6) is 0 Å². The maximum atomic E-state index is 11.4. The maximum absolute atomic E-state index is 11.4. The van der Waals surface area contributed by atoms with Gasteiger partial charge >= 0.3 is 5.97 Å². The number of fused-ring (bicyclic) bond motifs is 3. The fraction of sp³-hybridized carbons (Fsp3) is 0.611. The van der Waals surface area contributed by atoms with Gasteiger partial charge in [0.15, 0.2) is 0 Å². The standard InChI is InChI=1S/C18H25N3O2/c22-17(23)14-5-1-2-7-15(14)20-18-19-10-12-9-8-11-4-3-6-13(11)16(12)21-18/h1-2,5,7,11-13,16,18-21H,3-4,6,8-10H2,(H,22,23). The second-order valence-corrected chi connectivity index (χ2v) is 7.22. The molecule has 1 aromatic rings. The molecule has 0 spiro atoms. The number of nitrogens with one attached hydrogen (secondary N) is 3. The lowest BCUT2D eigenvalue weighted by Crippen LogP contribution is -2.65. The molecule has 1 heterocycles. The van der Waals surface area contributed by atoms with E-state index in [9.17, 15) is 9.90 Å². The number of benzene rings is 1. The first-order chi connectivity index (χ1) is 11.2. The summed E-state index contributed by atoms with van der Waals surface area (Å²) < 4.78 is 0. The first-order valence-corrected chi connectivity index (χ1v) is 8.80. The van der Waals surface area contributed by atoms with Crippen molar-refractivity contribution in [2.45, 2.75) is 44.4 Å². The van der Waals surface area contributed by atoms with E-state index < -0.39 is 5.97 Å². The molecule has 0 amide bonds. The minimum absolute atomic E-state index is 0.0592. The molecular weight excluding hydrogens is 290 g/mol. The maximum Gasteiger partial charge on any atom is 0.337 e. The first kappa shape index (κ1) is 15.0. The fourth-order valence-corrected chi connectivity index (χ4v) is 4.91. The van der Waals surface area contributed by atoms with Gasteiger partial charge in [-0.2, -0.15) is 0 Å². The second-order valence-electron chi connectivity index (χ2n) is 7.22. The van der Waals surface area contributed by atoms with E-state index in [-0.39, 0.29) is 6.29 Å². The van der Waals surface area contributed by atoms with E-state index in [0.717, 1.165) is 18.4 Å². The van der Waals surface area contributed by atoms with Crippen molar-refractivity contribution in [2.75, 3.05) is 11.9 Å². The molecule has 1 aliphatic heterocycles. The largest absolute Gasteiger partial charge is 0.478 e. The van der Waals surface area contributed by atoms with Crippen LogP contribution < -0.4 is 16.0 Å². The van der Waals surface area contributed by atoms with E-state index in [1.165, 1.54) is 32.1 Å². The molecule has 2 aliphatic carbocycles. The normalized spacial score (nSPS) is 36.1. The van der Waals surface area contributed by atoms with Crippen LogP contribution >= 0.6 is 0 Å². The minimum Gasteiger partial charge on any atom is -0.478 e. The predicted octanol–water partition coefficient (Wildman–Crippen LogP) is 2.47.